The highest BCUT2D eigenvalue weighted by atomic mass is 79.9. The highest BCUT2D eigenvalue weighted by Gasteiger charge is 2.04. The first-order chi connectivity index (χ1) is 5.09. The van der Waals surface area contributed by atoms with Crippen LogP contribution in [0, 0.1) is 13.8 Å². The standard InChI is InChI=1S/C9H14BrN/c1-6(10)4-9-5-7(2)11-8(9)3/h5-6,11H,4H2,1-3H3. The third kappa shape index (κ3) is 2.37. The van der Waals surface area contributed by atoms with E-state index in [-0.39, 0.29) is 0 Å². The Labute approximate surface area is 76.3 Å². The molecule has 0 aromatic carbocycles. The van der Waals surface area contributed by atoms with Crippen molar-refractivity contribution in [1.82, 2.24) is 4.98 Å². The van der Waals surface area contributed by atoms with E-state index in [0.29, 0.717) is 4.83 Å². The van der Waals surface area contributed by atoms with Crippen molar-refractivity contribution < 1.29 is 0 Å². The molecule has 0 saturated carbocycles. The van der Waals surface area contributed by atoms with Crippen molar-refractivity contribution >= 4 is 15.9 Å². The van der Waals surface area contributed by atoms with Crippen LogP contribution < -0.4 is 0 Å². The van der Waals surface area contributed by atoms with Gasteiger partial charge >= 0.3 is 0 Å². The molecule has 62 valence electrons. The van der Waals surface area contributed by atoms with Crippen molar-refractivity contribution in [1.29, 1.82) is 0 Å². The molecular weight excluding hydrogens is 202 g/mol. The van der Waals surface area contributed by atoms with Gasteiger partial charge in [0.1, 0.15) is 0 Å². The average molecular weight is 216 g/mol. The maximum absolute atomic E-state index is 3.54. The first kappa shape index (κ1) is 8.85. The first-order valence-corrected chi connectivity index (χ1v) is 4.80. The molecule has 0 aliphatic carbocycles. The Bertz CT molecular complexity index is 238. The SMILES string of the molecule is Cc1cc(CC(C)Br)c(C)[nH]1. The van der Waals surface area contributed by atoms with Crippen molar-refractivity contribution in [3.8, 4) is 0 Å². The quantitative estimate of drug-likeness (QED) is 0.731. The molecule has 11 heavy (non-hydrogen) atoms. The van der Waals surface area contributed by atoms with Crippen LogP contribution in [0.2, 0.25) is 0 Å². The van der Waals surface area contributed by atoms with Crippen molar-refractivity contribution in [2.24, 2.45) is 0 Å². The molecule has 0 bridgehead atoms. The van der Waals surface area contributed by atoms with Gasteiger partial charge in [0.15, 0.2) is 0 Å². The normalized spacial score (nSPS) is 13.5. The van der Waals surface area contributed by atoms with Gasteiger partial charge in [0.25, 0.3) is 0 Å². The highest BCUT2D eigenvalue weighted by molar-refractivity contribution is 9.09. The second kappa shape index (κ2) is 3.44. The monoisotopic (exact) mass is 215 g/mol. The summed E-state index contributed by atoms with van der Waals surface area (Å²) < 4.78 is 0. The molecule has 1 N–H and O–H groups in total. The minimum Gasteiger partial charge on any atom is -0.362 e. The fraction of sp³-hybridized carbons (Fsp3) is 0.556. The van der Waals surface area contributed by atoms with Crippen LogP contribution in [0.3, 0.4) is 0 Å². The Hall–Kier alpha value is -0.240. The van der Waals surface area contributed by atoms with E-state index in [4.69, 9.17) is 0 Å². The summed E-state index contributed by atoms with van der Waals surface area (Å²) in [5.41, 5.74) is 3.98. The predicted octanol–water partition coefficient (Wildman–Crippen LogP) is 2.96. The third-order valence-electron chi connectivity index (χ3n) is 1.76. The van der Waals surface area contributed by atoms with Gasteiger partial charge in [0.2, 0.25) is 0 Å². The fourth-order valence-corrected chi connectivity index (χ4v) is 1.65. The molecule has 0 saturated heterocycles. The fourth-order valence-electron chi connectivity index (χ4n) is 1.30. The summed E-state index contributed by atoms with van der Waals surface area (Å²) in [7, 11) is 0. The van der Waals surface area contributed by atoms with Gasteiger partial charge in [0.05, 0.1) is 0 Å². The molecule has 1 unspecified atom stereocenters. The molecule has 1 heterocycles. The van der Waals surface area contributed by atoms with Crippen LogP contribution in [0.1, 0.15) is 23.9 Å². The molecule has 1 rings (SSSR count). The van der Waals surface area contributed by atoms with Crippen LogP contribution in [-0.4, -0.2) is 9.81 Å². The summed E-state index contributed by atoms with van der Waals surface area (Å²) in [4.78, 5) is 3.86. The van der Waals surface area contributed by atoms with Crippen LogP contribution in [0.4, 0.5) is 0 Å². The van der Waals surface area contributed by atoms with Gasteiger partial charge in [0, 0.05) is 16.2 Å². The topological polar surface area (TPSA) is 15.8 Å². The maximum atomic E-state index is 3.54. The summed E-state index contributed by atoms with van der Waals surface area (Å²) in [6.45, 7) is 6.38. The molecule has 0 amide bonds. The molecule has 0 aliphatic heterocycles. The Morgan fingerprint density at radius 2 is 2.18 bits per heavy atom. The van der Waals surface area contributed by atoms with Gasteiger partial charge in [-0.2, -0.15) is 0 Å². The van der Waals surface area contributed by atoms with Gasteiger partial charge in [-0.1, -0.05) is 22.9 Å². The minimum absolute atomic E-state index is 0.566. The lowest BCUT2D eigenvalue weighted by Gasteiger charge is -2.00. The Kier molecular flexibility index (Phi) is 2.77. The minimum atomic E-state index is 0.566. The first-order valence-electron chi connectivity index (χ1n) is 3.88. The molecule has 1 aromatic rings. The summed E-state index contributed by atoms with van der Waals surface area (Å²) >= 11 is 3.54. The van der Waals surface area contributed by atoms with E-state index in [0.717, 1.165) is 6.42 Å². The third-order valence-corrected chi connectivity index (χ3v) is 2.08. The number of alkyl halides is 1. The van der Waals surface area contributed by atoms with E-state index in [1.165, 1.54) is 17.0 Å². The smallest absolute Gasteiger partial charge is 0.0158 e. The van der Waals surface area contributed by atoms with E-state index in [2.05, 4.69) is 47.8 Å². The van der Waals surface area contributed by atoms with Crippen LogP contribution in [0.5, 0.6) is 0 Å². The lowest BCUT2D eigenvalue weighted by Crippen LogP contribution is -1.96. The van der Waals surface area contributed by atoms with E-state index >= 15 is 0 Å². The van der Waals surface area contributed by atoms with Crippen LogP contribution in [-0.2, 0) is 6.42 Å². The largest absolute Gasteiger partial charge is 0.362 e. The average Bonchev–Trinajstić information content (AvgIpc) is 2.09. The highest BCUT2D eigenvalue weighted by Crippen LogP contribution is 2.14. The molecule has 1 atom stereocenters. The van der Waals surface area contributed by atoms with Gasteiger partial charge in [-0.25, -0.2) is 0 Å². The second-order valence-electron chi connectivity index (χ2n) is 3.09. The Morgan fingerprint density at radius 3 is 2.55 bits per heavy atom. The molecule has 0 aliphatic rings. The summed E-state index contributed by atoms with van der Waals surface area (Å²) in [6.07, 6.45) is 1.11. The summed E-state index contributed by atoms with van der Waals surface area (Å²) in [5.74, 6) is 0. The van der Waals surface area contributed by atoms with Crippen molar-refractivity contribution in [2.45, 2.75) is 32.0 Å². The number of hydrogen-bond acceptors (Lipinski definition) is 0. The number of aromatic amines is 1. The van der Waals surface area contributed by atoms with E-state index in [9.17, 15) is 0 Å². The molecule has 1 aromatic heterocycles. The Morgan fingerprint density at radius 1 is 1.55 bits per heavy atom. The van der Waals surface area contributed by atoms with E-state index in [1.807, 2.05) is 0 Å². The lowest BCUT2D eigenvalue weighted by atomic mass is 10.1. The van der Waals surface area contributed by atoms with Gasteiger partial charge in [-0.15, -0.1) is 0 Å². The number of nitrogens with one attached hydrogen (secondary N) is 1. The summed E-state index contributed by atoms with van der Waals surface area (Å²) in [6, 6.07) is 2.22. The van der Waals surface area contributed by atoms with Crippen molar-refractivity contribution in [2.75, 3.05) is 0 Å². The molecule has 0 radical (unpaired) electrons. The van der Waals surface area contributed by atoms with E-state index in [1.54, 1.807) is 0 Å². The zero-order chi connectivity index (χ0) is 8.43. The van der Waals surface area contributed by atoms with E-state index < -0.39 is 0 Å². The number of aryl methyl sites for hydroxylation is 2. The van der Waals surface area contributed by atoms with Gasteiger partial charge in [-0.05, 0) is 31.9 Å². The number of aromatic nitrogens is 1. The van der Waals surface area contributed by atoms with Crippen LogP contribution in [0.25, 0.3) is 0 Å². The molecule has 0 spiro atoms. The van der Waals surface area contributed by atoms with Gasteiger partial charge in [-0.3, -0.25) is 0 Å². The number of halogens is 1. The lowest BCUT2D eigenvalue weighted by molar-refractivity contribution is 0.948. The number of hydrogen-bond donors (Lipinski definition) is 1. The molecule has 0 fully saturated rings. The number of rotatable bonds is 2. The zero-order valence-electron chi connectivity index (χ0n) is 7.24. The zero-order valence-corrected chi connectivity index (χ0v) is 8.83. The summed E-state index contributed by atoms with van der Waals surface area (Å²) in [5, 5.41) is 0. The van der Waals surface area contributed by atoms with Crippen LogP contribution in [0.15, 0.2) is 6.07 Å². The maximum Gasteiger partial charge on any atom is 0.0158 e. The Balaban J connectivity index is 2.77. The molecular formula is C9H14BrN. The van der Waals surface area contributed by atoms with Gasteiger partial charge < -0.3 is 4.98 Å². The van der Waals surface area contributed by atoms with Crippen LogP contribution >= 0.6 is 15.9 Å². The molecule has 1 nitrogen and oxygen atoms in total. The van der Waals surface area contributed by atoms with Crippen molar-refractivity contribution in [3.05, 3.63) is 23.0 Å². The molecule has 2 heteroatoms. The van der Waals surface area contributed by atoms with Crippen molar-refractivity contribution in [3.63, 3.8) is 0 Å². The predicted molar refractivity (Wildman–Crippen MR) is 52.4 cm³/mol. The number of H-pyrrole nitrogens is 1. The second-order valence-corrected chi connectivity index (χ2v) is 4.65.